The Labute approximate surface area is 114 Å². The van der Waals surface area contributed by atoms with Crippen LogP contribution < -0.4 is 10.6 Å². The number of aliphatic hydroxyl groups is 1. The Kier molecular flexibility index (Phi) is 4.36. The average Bonchev–Trinajstić information content (AvgIpc) is 2.34. The van der Waals surface area contributed by atoms with Crippen LogP contribution in [0.3, 0.4) is 0 Å². The number of hydrogen-bond acceptors (Lipinski definition) is 3. The molecule has 0 amide bonds. The van der Waals surface area contributed by atoms with Crippen molar-refractivity contribution in [1.82, 2.24) is 0 Å². The molecule has 1 fully saturated rings. The van der Waals surface area contributed by atoms with Crippen LogP contribution in [0.5, 0.6) is 0 Å². The fourth-order valence-electron chi connectivity index (χ4n) is 2.74. The lowest BCUT2D eigenvalue weighted by molar-refractivity contribution is 0.244. The lowest BCUT2D eigenvalue weighted by Gasteiger charge is -2.35. The highest BCUT2D eigenvalue weighted by atomic mass is 35.5. The van der Waals surface area contributed by atoms with Crippen molar-refractivity contribution in [3.8, 4) is 0 Å². The van der Waals surface area contributed by atoms with Gasteiger partial charge in [0.1, 0.15) is 0 Å². The van der Waals surface area contributed by atoms with Crippen molar-refractivity contribution in [2.24, 2.45) is 5.92 Å². The number of anilines is 2. The van der Waals surface area contributed by atoms with Gasteiger partial charge < -0.3 is 15.7 Å². The molecular weight excluding hydrogens is 248 g/mol. The molecule has 1 saturated heterocycles. The minimum atomic E-state index is 0.278. The molecule has 3 nitrogen and oxygen atoms in total. The maximum atomic E-state index is 9.05. The molecular formula is C14H21ClN2O. The van der Waals surface area contributed by atoms with E-state index in [1.54, 1.807) is 0 Å². The van der Waals surface area contributed by atoms with Gasteiger partial charge in [-0.2, -0.15) is 0 Å². The number of nitrogens with zero attached hydrogens (tertiary/aromatic N) is 1. The number of aryl methyl sites for hydroxylation is 1. The van der Waals surface area contributed by atoms with E-state index in [1.165, 1.54) is 24.1 Å². The van der Waals surface area contributed by atoms with Crippen LogP contribution in [0, 0.1) is 12.8 Å². The molecule has 0 aromatic heterocycles. The van der Waals surface area contributed by atoms with E-state index in [0.717, 1.165) is 19.5 Å². The molecule has 1 heterocycles. The van der Waals surface area contributed by atoms with Crippen LogP contribution in [0.15, 0.2) is 12.1 Å². The van der Waals surface area contributed by atoms with Gasteiger partial charge in [0.15, 0.2) is 0 Å². The Hall–Kier alpha value is -0.930. The number of halogens is 1. The van der Waals surface area contributed by atoms with Gasteiger partial charge in [0.2, 0.25) is 0 Å². The molecule has 0 radical (unpaired) electrons. The van der Waals surface area contributed by atoms with Crippen molar-refractivity contribution < 1.29 is 5.11 Å². The third-order valence-electron chi connectivity index (χ3n) is 3.71. The zero-order chi connectivity index (χ0) is 13.1. The fourth-order valence-corrected chi connectivity index (χ4v) is 2.89. The quantitative estimate of drug-likeness (QED) is 0.829. The molecule has 0 bridgehead atoms. The van der Waals surface area contributed by atoms with Gasteiger partial charge in [0, 0.05) is 25.4 Å². The molecule has 1 aliphatic rings. The van der Waals surface area contributed by atoms with Crippen molar-refractivity contribution in [2.45, 2.75) is 26.2 Å². The third-order valence-corrected chi connectivity index (χ3v) is 4.04. The molecule has 1 aliphatic heterocycles. The van der Waals surface area contributed by atoms with E-state index in [1.807, 2.05) is 12.1 Å². The summed E-state index contributed by atoms with van der Waals surface area (Å²) in [6, 6.07) is 3.90. The first-order chi connectivity index (χ1) is 8.61. The normalized spacial score (nSPS) is 20.2. The summed E-state index contributed by atoms with van der Waals surface area (Å²) in [6.07, 6.45) is 3.27. The van der Waals surface area contributed by atoms with Crippen LogP contribution in [-0.2, 0) is 0 Å². The van der Waals surface area contributed by atoms with Gasteiger partial charge in [-0.05, 0) is 49.8 Å². The van der Waals surface area contributed by atoms with E-state index >= 15 is 0 Å². The molecule has 100 valence electrons. The van der Waals surface area contributed by atoms with Gasteiger partial charge in [0.25, 0.3) is 0 Å². The summed E-state index contributed by atoms with van der Waals surface area (Å²) in [6.45, 7) is 4.41. The van der Waals surface area contributed by atoms with Gasteiger partial charge in [-0.15, -0.1) is 0 Å². The highest BCUT2D eigenvalue weighted by molar-refractivity contribution is 6.33. The minimum Gasteiger partial charge on any atom is -0.398 e. The summed E-state index contributed by atoms with van der Waals surface area (Å²) in [5.74, 6) is 0.583. The third kappa shape index (κ3) is 2.90. The van der Waals surface area contributed by atoms with E-state index in [4.69, 9.17) is 22.4 Å². The first kappa shape index (κ1) is 13.5. The second-order valence-electron chi connectivity index (χ2n) is 5.13. The highest BCUT2D eigenvalue weighted by Gasteiger charge is 2.21. The van der Waals surface area contributed by atoms with Gasteiger partial charge in [0.05, 0.1) is 10.7 Å². The summed E-state index contributed by atoms with van der Waals surface area (Å²) in [7, 11) is 0. The van der Waals surface area contributed by atoms with Crippen molar-refractivity contribution in [1.29, 1.82) is 0 Å². The van der Waals surface area contributed by atoms with E-state index in [0.29, 0.717) is 16.6 Å². The largest absolute Gasteiger partial charge is 0.398 e. The fraction of sp³-hybridized carbons (Fsp3) is 0.571. The highest BCUT2D eigenvalue weighted by Crippen LogP contribution is 2.32. The van der Waals surface area contributed by atoms with Crippen molar-refractivity contribution >= 4 is 23.0 Å². The Morgan fingerprint density at radius 3 is 3.00 bits per heavy atom. The van der Waals surface area contributed by atoms with Crippen LogP contribution in [0.25, 0.3) is 0 Å². The molecule has 1 unspecified atom stereocenters. The second-order valence-corrected chi connectivity index (χ2v) is 5.53. The summed E-state index contributed by atoms with van der Waals surface area (Å²) >= 11 is 6.11. The van der Waals surface area contributed by atoms with E-state index in [2.05, 4.69) is 11.8 Å². The van der Waals surface area contributed by atoms with E-state index in [-0.39, 0.29) is 6.61 Å². The van der Waals surface area contributed by atoms with Crippen LogP contribution in [0.1, 0.15) is 24.8 Å². The molecule has 2 rings (SSSR count). The van der Waals surface area contributed by atoms with Gasteiger partial charge in [-0.1, -0.05) is 11.6 Å². The SMILES string of the molecule is Cc1cc(N)c(Cl)cc1N1CCCC(CCO)C1. The number of benzene rings is 1. The maximum Gasteiger partial charge on any atom is 0.0656 e. The van der Waals surface area contributed by atoms with E-state index in [9.17, 15) is 0 Å². The molecule has 4 heteroatoms. The molecule has 18 heavy (non-hydrogen) atoms. The smallest absolute Gasteiger partial charge is 0.0656 e. The van der Waals surface area contributed by atoms with Crippen molar-refractivity contribution in [2.75, 3.05) is 30.3 Å². The molecule has 3 N–H and O–H groups in total. The van der Waals surface area contributed by atoms with Crippen molar-refractivity contribution in [3.05, 3.63) is 22.7 Å². The van der Waals surface area contributed by atoms with Gasteiger partial charge in [-0.25, -0.2) is 0 Å². The lowest BCUT2D eigenvalue weighted by atomic mass is 9.94. The number of nitrogens with two attached hydrogens (primary N) is 1. The molecule has 1 atom stereocenters. The summed E-state index contributed by atoms with van der Waals surface area (Å²) in [5.41, 5.74) is 8.80. The van der Waals surface area contributed by atoms with Crippen molar-refractivity contribution in [3.63, 3.8) is 0 Å². The Bertz CT molecular complexity index is 421. The van der Waals surface area contributed by atoms with Crippen LogP contribution in [0.4, 0.5) is 11.4 Å². The monoisotopic (exact) mass is 268 g/mol. The maximum absolute atomic E-state index is 9.05. The average molecular weight is 269 g/mol. The molecule has 0 aliphatic carbocycles. The lowest BCUT2D eigenvalue weighted by Crippen LogP contribution is -2.36. The number of rotatable bonds is 3. The summed E-state index contributed by atoms with van der Waals surface area (Å²) in [5, 5.41) is 9.68. The zero-order valence-electron chi connectivity index (χ0n) is 10.8. The standard InChI is InChI=1S/C14H21ClN2O/c1-10-7-13(16)12(15)8-14(10)17-5-2-3-11(9-17)4-6-18/h7-8,11,18H,2-6,9,16H2,1H3. The summed E-state index contributed by atoms with van der Waals surface area (Å²) in [4.78, 5) is 2.37. The number of aliphatic hydroxyl groups excluding tert-OH is 1. The zero-order valence-corrected chi connectivity index (χ0v) is 11.6. The first-order valence-corrected chi connectivity index (χ1v) is 6.91. The van der Waals surface area contributed by atoms with Gasteiger partial charge >= 0.3 is 0 Å². The Morgan fingerprint density at radius 2 is 2.28 bits per heavy atom. The minimum absolute atomic E-state index is 0.278. The number of piperidine rings is 1. The summed E-state index contributed by atoms with van der Waals surface area (Å²) < 4.78 is 0. The predicted molar refractivity (Wildman–Crippen MR) is 77.2 cm³/mol. The Balaban J connectivity index is 2.18. The predicted octanol–water partition coefficient (Wildman–Crippen LogP) is 2.83. The topological polar surface area (TPSA) is 49.5 Å². The second kappa shape index (κ2) is 5.81. The van der Waals surface area contributed by atoms with Crippen LogP contribution >= 0.6 is 11.6 Å². The van der Waals surface area contributed by atoms with Crippen LogP contribution in [-0.4, -0.2) is 24.8 Å². The van der Waals surface area contributed by atoms with Gasteiger partial charge in [-0.3, -0.25) is 0 Å². The Morgan fingerprint density at radius 1 is 1.50 bits per heavy atom. The molecule has 0 spiro atoms. The number of hydrogen-bond donors (Lipinski definition) is 2. The van der Waals surface area contributed by atoms with E-state index < -0.39 is 0 Å². The number of nitrogen functional groups attached to an aromatic ring is 1. The molecule has 1 aromatic carbocycles. The molecule has 1 aromatic rings. The van der Waals surface area contributed by atoms with Crippen LogP contribution in [0.2, 0.25) is 5.02 Å². The first-order valence-electron chi connectivity index (χ1n) is 6.53. The molecule has 0 saturated carbocycles.